The van der Waals surface area contributed by atoms with Crippen LogP contribution in [0.15, 0.2) is 30.5 Å². The second kappa shape index (κ2) is 4.45. The number of thiazole rings is 1. The minimum absolute atomic E-state index is 0.0967. The zero-order valence-electron chi connectivity index (χ0n) is 10.8. The van der Waals surface area contributed by atoms with E-state index in [4.69, 9.17) is 0 Å². The highest BCUT2D eigenvalue weighted by Crippen LogP contribution is 2.30. The molecule has 0 bridgehead atoms. The van der Waals surface area contributed by atoms with E-state index in [0.717, 1.165) is 29.4 Å². The van der Waals surface area contributed by atoms with Crippen molar-refractivity contribution in [3.8, 4) is 0 Å². The van der Waals surface area contributed by atoms with Gasteiger partial charge in [-0.2, -0.15) is 0 Å². The van der Waals surface area contributed by atoms with Crippen LogP contribution < -0.4 is 5.32 Å². The average Bonchev–Trinajstić information content (AvgIpc) is 3.11. The number of anilines is 1. The van der Waals surface area contributed by atoms with E-state index < -0.39 is 0 Å². The number of benzene rings is 1. The Hall–Kier alpha value is -2.14. The average molecular weight is 283 g/mol. The molecule has 1 aromatic carbocycles. The number of nitrogens with zero attached hydrogens (tertiary/aromatic N) is 1. The van der Waals surface area contributed by atoms with E-state index >= 15 is 0 Å². The summed E-state index contributed by atoms with van der Waals surface area (Å²) in [4.78, 5) is 21.2. The number of aromatic amines is 1. The molecular formula is C15H13N3OS. The van der Waals surface area contributed by atoms with Gasteiger partial charge in [-0.25, -0.2) is 4.98 Å². The van der Waals surface area contributed by atoms with Crippen molar-refractivity contribution < 1.29 is 4.79 Å². The molecule has 3 aromatic rings. The first kappa shape index (κ1) is 11.7. The number of carbonyl (C=O) groups is 1. The van der Waals surface area contributed by atoms with E-state index in [2.05, 4.69) is 15.3 Å². The largest absolute Gasteiger partial charge is 0.361 e. The molecule has 0 spiro atoms. The molecule has 20 heavy (non-hydrogen) atoms. The van der Waals surface area contributed by atoms with E-state index in [1.54, 1.807) is 11.3 Å². The molecule has 1 aliphatic carbocycles. The van der Waals surface area contributed by atoms with Gasteiger partial charge in [0.1, 0.15) is 0 Å². The number of fused-ring (bicyclic) bond motifs is 2. The Labute approximate surface area is 119 Å². The minimum Gasteiger partial charge on any atom is -0.361 e. The maximum absolute atomic E-state index is 12.3. The fraction of sp³-hybridized carbons (Fsp3) is 0.200. The number of amides is 1. The van der Waals surface area contributed by atoms with E-state index in [0.29, 0.717) is 10.7 Å². The summed E-state index contributed by atoms with van der Waals surface area (Å²) >= 11 is 1.60. The van der Waals surface area contributed by atoms with Gasteiger partial charge in [-0.1, -0.05) is 0 Å². The number of rotatable bonds is 2. The SMILES string of the molecule is O=C(Nc1nc2c(s1)CCC2)c1ccc2[nH]ccc2c1. The van der Waals surface area contributed by atoms with Crippen molar-refractivity contribution >= 4 is 33.3 Å². The number of aromatic nitrogens is 2. The van der Waals surface area contributed by atoms with Crippen molar-refractivity contribution in [1.82, 2.24) is 9.97 Å². The Morgan fingerprint density at radius 3 is 3.15 bits per heavy atom. The van der Waals surface area contributed by atoms with Crippen molar-refractivity contribution in [2.75, 3.05) is 5.32 Å². The van der Waals surface area contributed by atoms with Crippen molar-refractivity contribution in [3.63, 3.8) is 0 Å². The van der Waals surface area contributed by atoms with Gasteiger partial charge < -0.3 is 4.98 Å². The van der Waals surface area contributed by atoms with Crippen LogP contribution in [-0.4, -0.2) is 15.9 Å². The van der Waals surface area contributed by atoms with Crippen LogP contribution in [0.25, 0.3) is 10.9 Å². The summed E-state index contributed by atoms with van der Waals surface area (Å²) in [6.45, 7) is 0. The van der Waals surface area contributed by atoms with Crippen molar-refractivity contribution in [2.24, 2.45) is 0 Å². The first-order valence-electron chi connectivity index (χ1n) is 6.67. The fourth-order valence-corrected chi connectivity index (χ4v) is 3.65. The van der Waals surface area contributed by atoms with E-state index in [9.17, 15) is 4.79 Å². The van der Waals surface area contributed by atoms with Gasteiger partial charge in [0.05, 0.1) is 5.69 Å². The number of carbonyl (C=O) groups excluding carboxylic acids is 1. The normalized spacial score (nSPS) is 13.6. The molecule has 0 atom stereocenters. The number of H-pyrrole nitrogens is 1. The lowest BCUT2D eigenvalue weighted by Gasteiger charge is -2.02. The number of hydrogen-bond donors (Lipinski definition) is 2. The van der Waals surface area contributed by atoms with Gasteiger partial charge in [0.2, 0.25) is 0 Å². The predicted molar refractivity (Wildman–Crippen MR) is 80.4 cm³/mol. The zero-order chi connectivity index (χ0) is 13.5. The molecule has 1 amide bonds. The topological polar surface area (TPSA) is 57.8 Å². The number of nitrogens with one attached hydrogen (secondary N) is 2. The van der Waals surface area contributed by atoms with Crippen LogP contribution in [-0.2, 0) is 12.8 Å². The zero-order valence-corrected chi connectivity index (χ0v) is 11.6. The minimum atomic E-state index is -0.0967. The van der Waals surface area contributed by atoms with E-state index in [1.807, 2.05) is 30.5 Å². The molecule has 2 heterocycles. The maximum atomic E-state index is 12.3. The van der Waals surface area contributed by atoms with Crippen LogP contribution in [0.3, 0.4) is 0 Å². The molecule has 2 N–H and O–H groups in total. The van der Waals surface area contributed by atoms with Gasteiger partial charge in [0, 0.05) is 27.5 Å². The third-order valence-electron chi connectivity index (χ3n) is 3.63. The van der Waals surface area contributed by atoms with Gasteiger partial charge in [-0.05, 0) is 43.5 Å². The number of aryl methyl sites for hydroxylation is 2. The predicted octanol–water partition coefficient (Wildman–Crippen LogP) is 3.37. The molecule has 0 saturated heterocycles. The Morgan fingerprint density at radius 2 is 2.25 bits per heavy atom. The molecular weight excluding hydrogens is 270 g/mol. The first-order chi connectivity index (χ1) is 9.79. The molecule has 0 unspecified atom stereocenters. The van der Waals surface area contributed by atoms with Crippen LogP contribution >= 0.6 is 11.3 Å². The van der Waals surface area contributed by atoms with Gasteiger partial charge in [-0.3, -0.25) is 10.1 Å². The summed E-state index contributed by atoms with van der Waals surface area (Å²) in [5.74, 6) is -0.0967. The molecule has 4 nitrogen and oxygen atoms in total. The van der Waals surface area contributed by atoms with Gasteiger partial charge >= 0.3 is 0 Å². The summed E-state index contributed by atoms with van der Waals surface area (Å²) in [7, 11) is 0. The summed E-state index contributed by atoms with van der Waals surface area (Å²) in [6.07, 6.45) is 5.19. The lowest BCUT2D eigenvalue weighted by atomic mass is 10.1. The first-order valence-corrected chi connectivity index (χ1v) is 7.48. The molecule has 2 aromatic heterocycles. The Balaban J connectivity index is 1.59. The maximum Gasteiger partial charge on any atom is 0.257 e. The second-order valence-electron chi connectivity index (χ2n) is 4.98. The van der Waals surface area contributed by atoms with Gasteiger partial charge in [0.15, 0.2) is 5.13 Å². The molecule has 5 heteroatoms. The van der Waals surface area contributed by atoms with E-state index in [1.165, 1.54) is 11.3 Å². The molecule has 0 aliphatic heterocycles. The Bertz CT molecular complexity index is 781. The summed E-state index contributed by atoms with van der Waals surface area (Å²) in [5, 5.41) is 4.66. The lowest BCUT2D eigenvalue weighted by molar-refractivity contribution is 0.102. The molecule has 4 rings (SSSR count). The lowest BCUT2D eigenvalue weighted by Crippen LogP contribution is -2.11. The molecule has 0 radical (unpaired) electrons. The van der Waals surface area contributed by atoms with Crippen molar-refractivity contribution in [1.29, 1.82) is 0 Å². The molecule has 0 saturated carbocycles. The van der Waals surface area contributed by atoms with Crippen LogP contribution in [0, 0.1) is 0 Å². The Kier molecular flexibility index (Phi) is 2.60. The third kappa shape index (κ3) is 1.91. The van der Waals surface area contributed by atoms with Crippen LogP contribution in [0.1, 0.15) is 27.3 Å². The summed E-state index contributed by atoms with van der Waals surface area (Å²) in [5.41, 5.74) is 2.86. The highest BCUT2D eigenvalue weighted by molar-refractivity contribution is 7.16. The van der Waals surface area contributed by atoms with Gasteiger partial charge in [-0.15, -0.1) is 11.3 Å². The standard InChI is InChI=1S/C15H13N3OS/c19-14(10-4-5-11-9(8-10)6-7-16-11)18-15-17-12-2-1-3-13(12)20-15/h4-8,16H,1-3H2,(H,17,18,19). The molecule has 1 aliphatic rings. The van der Waals surface area contributed by atoms with Crippen LogP contribution in [0.4, 0.5) is 5.13 Å². The molecule has 100 valence electrons. The van der Waals surface area contributed by atoms with Crippen molar-refractivity contribution in [2.45, 2.75) is 19.3 Å². The highest BCUT2D eigenvalue weighted by Gasteiger charge is 2.18. The monoisotopic (exact) mass is 283 g/mol. The third-order valence-corrected chi connectivity index (χ3v) is 4.70. The smallest absolute Gasteiger partial charge is 0.257 e. The fourth-order valence-electron chi connectivity index (χ4n) is 2.61. The second-order valence-corrected chi connectivity index (χ2v) is 6.06. The van der Waals surface area contributed by atoms with Crippen molar-refractivity contribution in [3.05, 3.63) is 46.6 Å². The summed E-state index contributed by atoms with van der Waals surface area (Å²) < 4.78 is 0. The van der Waals surface area contributed by atoms with E-state index in [-0.39, 0.29) is 5.91 Å². The van der Waals surface area contributed by atoms with Crippen LogP contribution in [0.5, 0.6) is 0 Å². The van der Waals surface area contributed by atoms with Gasteiger partial charge in [0.25, 0.3) is 5.91 Å². The Morgan fingerprint density at radius 1 is 1.30 bits per heavy atom. The quantitative estimate of drug-likeness (QED) is 0.757. The van der Waals surface area contributed by atoms with Crippen LogP contribution in [0.2, 0.25) is 0 Å². The molecule has 0 fully saturated rings. The number of hydrogen-bond acceptors (Lipinski definition) is 3. The summed E-state index contributed by atoms with van der Waals surface area (Å²) in [6, 6.07) is 7.61. The highest BCUT2D eigenvalue weighted by atomic mass is 32.1.